The standard InChI is InChI=1S/C13H16ClNO2/c1-8-5-6-9(14)7-11(8)15-13(17)10-3-2-4-12(10)16/h5-7,10,12,16H,2-4H2,1H3,(H,15,17). The molecule has 1 aliphatic rings. The van der Waals surface area contributed by atoms with E-state index in [4.69, 9.17) is 11.6 Å². The van der Waals surface area contributed by atoms with E-state index in [0.29, 0.717) is 11.4 Å². The molecule has 1 aromatic rings. The first-order valence-electron chi connectivity index (χ1n) is 5.83. The smallest absolute Gasteiger partial charge is 0.230 e. The lowest BCUT2D eigenvalue weighted by Crippen LogP contribution is -2.28. The van der Waals surface area contributed by atoms with Crippen molar-refractivity contribution in [2.75, 3.05) is 5.32 Å². The summed E-state index contributed by atoms with van der Waals surface area (Å²) in [6, 6.07) is 5.39. The van der Waals surface area contributed by atoms with Crippen molar-refractivity contribution in [3.63, 3.8) is 0 Å². The van der Waals surface area contributed by atoms with Gasteiger partial charge >= 0.3 is 0 Å². The predicted octanol–water partition coefficient (Wildman–Crippen LogP) is 2.75. The van der Waals surface area contributed by atoms with Crippen LogP contribution < -0.4 is 5.32 Å². The Bertz CT molecular complexity index is 433. The Morgan fingerprint density at radius 2 is 2.24 bits per heavy atom. The van der Waals surface area contributed by atoms with Crippen LogP contribution in [0.3, 0.4) is 0 Å². The van der Waals surface area contributed by atoms with Crippen molar-refractivity contribution < 1.29 is 9.90 Å². The molecule has 2 rings (SSSR count). The molecule has 0 heterocycles. The van der Waals surface area contributed by atoms with Crippen LogP contribution in [0.25, 0.3) is 0 Å². The van der Waals surface area contributed by atoms with Crippen LogP contribution in [0.5, 0.6) is 0 Å². The average molecular weight is 254 g/mol. The fourth-order valence-corrected chi connectivity index (χ4v) is 2.37. The minimum absolute atomic E-state index is 0.111. The molecule has 0 saturated heterocycles. The van der Waals surface area contributed by atoms with Gasteiger partial charge in [-0.3, -0.25) is 4.79 Å². The van der Waals surface area contributed by atoms with Gasteiger partial charge in [0.05, 0.1) is 12.0 Å². The maximum absolute atomic E-state index is 12.0. The molecular weight excluding hydrogens is 238 g/mol. The third-order valence-corrected chi connectivity index (χ3v) is 3.51. The van der Waals surface area contributed by atoms with E-state index in [1.807, 2.05) is 13.0 Å². The molecule has 0 aliphatic heterocycles. The molecule has 0 bridgehead atoms. The number of carbonyl (C=O) groups excluding carboxylic acids is 1. The number of hydrogen-bond donors (Lipinski definition) is 2. The second-order valence-corrected chi connectivity index (χ2v) is 4.99. The summed E-state index contributed by atoms with van der Waals surface area (Å²) in [6.07, 6.45) is 1.88. The lowest BCUT2D eigenvalue weighted by molar-refractivity contribution is -0.122. The molecule has 2 unspecified atom stereocenters. The monoisotopic (exact) mass is 253 g/mol. The van der Waals surface area contributed by atoms with E-state index in [1.165, 1.54) is 0 Å². The summed E-state index contributed by atoms with van der Waals surface area (Å²) in [6.45, 7) is 1.91. The third-order valence-electron chi connectivity index (χ3n) is 3.27. The number of halogens is 1. The number of hydrogen-bond acceptors (Lipinski definition) is 2. The first-order chi connectivity index (χ1) is 8.08. The minimum Gasteiger partial charge on any atom is -0.392 e. The first-order valence-corrected chi connectivity index (χ1v) is 6.21. The van der Waals surface area contributed by atoms with Crippen molar-refractivity contribution in [1.82, 2.24) is 0 Å². The number of carbonyl (C=O) groups is 1. The predicted molar refractivity (Wildman–Crippen MR) is 68.2 cm³/mol. The number of amides is 1. The number of rotatable bonds is 2. The molecule has 0 radical (unpaired) electrons. The lowest BCUT2D eigenvalue weighted by atomic mass is 10.0. The summed E-state index contributed by atoms with van der Waals surface area (Å²) in [5, 5.41) is 13.1. The highest BCUT2D eigenvalue weighted by atomic mass is 35.5. The molecule has 1 aromatic carbocycles. The molecule has 92 valence electrons. The molecule has 2 atom stereocenters. The van der Waals surface area contributed by atoms with Crippen LogP contribution in [0, 0.1) is 12.8 Å². The third kappa shape index (κ3) is 2.79. The summed E-state index contributed by atoms with van der Waals surface area (Å²) in [5.74, 6) is -0.395. The van der Waals surface area contributed by atoms with Crippen LogP contribution in [0.4, 0.5) is 5.69 Å². The molecule has 2 N–H and O–H groups in total. The zero-order chi connectivity index (χ0) is 12.4. The molecule has 1 saturated carbocycles. The Kier molecular flexibility index (Phi) is 3.69. The largest absolute Gasteiger partial charge is 0.392 e. The lowest BCUT2D eigenvalue weighted by Gasteiger charge is -2.15. The van der Waals surface area contributed by atoms with Crippen molar-refractivity contribution >= 4 is 23.2 Å². The molecule has 0 spiro atoms. The Hall–Kier alpha value is -1.06. The second kappa shape index (κ2) is 5.07. The number of benzene rings is 1. The number of aliphatic hydroxyl groups is 1. The highest BCUT2D eigenvalue weighted by Gasteiger charge is 2.31. The van der Waals surface area contributed by atoms with Gasteiger partial charge in [0, 0.05) is 10.7 Å². The molecule has 17 heavy (non-hydrogen) atoms. The van der Waals surface area contributed by atoms with E-state index in [-0.39, 0.29) is 11.8 Å². The normalized spacial score (nSPS) is 23.7. The molecular formula is C13H16ClNO2. The van der Waals surface area contributed by atoms with E-state index in [9.17, 15) is 9.90 Å². The fraction of sp³-hybridized carbons (Fsp3) is 0.462. The van der Waals surface area contributed by atoms with Crippen LogP contribution >= 0.6 is 11.6 Å². The van der Waals surface area contributed by atoms with Crippen molar-refractivity contribution in [3.05, 3.63) is 28.8 Å². The summed E-state index contributed by atoms with van der Waals surface area (Å²) in [7, 11) is 0. The fourth-order valence-electron chi connectivity index (χ4n) is 2.20. The number of nitrogens with one attached hydrogen (secondary N) is 1. The van der Waals surface area contributed by atoms with Gasteiger partial charge in [0.2, 0.25) is 5.91 Å². The Balaban J connectivity index is 2.10. The Morgan fingerprint density at radius 3 is 2.88 bits per heavy atom. The Morgan fingerprint density at radius 1 is 1.47 bits per heavy atom. The maximum Gasteiger partial charge on any atom is 0.230 e. The van der Waals surface area contributed by atoms with Gasteiger partial charge in [-0.2, -0.15) is 0 Å². The van der Waals surface area contributed by atoms with E-state index < -0.39 is 6.10 Å². The van der Waals surface area contributed by atoms with Crippen molar-refractivity contribution in [2.24, 2.45) is 5.92 Å². The summed E-state index contributed by atoms with van der Waals surface area (Å²) >= 11 is 5.89. The van der Waals surface area contributed by atoms with Gasteiger partial charge in [-0.15, -0.1) is 0 Å². The highest BCUT2D eigenvalue weighted by Crippen LogP contribution is 2.28. The van der Waals surface area contributed by atoms with E-state index in [0.717, 1.165) is 24.1 Å². The Labute approximate surface area is 106 Å². The average Bonchev–Trinajstić information content (AvgIpc) is 2.70. The summed E-state index contributed by atoms with van der Waals surface area (Å²) in [5.41, 5.74) is 1.69. The molecule has 3 nitrogen and oxygen atoms in total. The van der Waals surface area contributed by atoms with Crippen LogP contribution in [-0.2, 0) is 4.79 Å². The molecule has 1 amide bonds. The topological polar surface area (TPSA) is 49.3 Å². The molecule has 0 aromatic heterocycles. The molecule has 4 heteroatoms. The van der Waals surface area contributed by atoms with Crippen molar-refractivity contribution in [1.29, 1.82) is 0 Å². The number of anilines is 1. The minimum atomic E-state index is -0.505. The van der Waals surface area contributed by atoms with Gasteiger partial charge in [0.15, 0.2) is 0 Å². The van der Waals surface area contributed by atoms with Crippen LogP contribution in [-0.4, -0.2) is 17.1 Å². The zero-order valence-electron chi connectivity index (χ0n) is 9.74. The van der Waals surface area contributed by atoms with Gasteiger partial charge in [0.1, 0.15) is 0 Å². The van der Waals surface area contributed by atoms with Gasteiger partial charge < -0.3 is 10.4 Å². The van der Waals surface area contributed by atoms with Gasteiger partial charge in [-0.05, 0) is 43.9 Å². The summed E-state index contributed by atoms with van der Waals surface area (Å²) < 4.78 is 0. The van der Waals surface area contributed by atoms with Crippen LogP contribution in [0.2, 0.25) is 5.02 Å². The number of aliphatic hydroxyl groups excluding tert-OH is 1. The van der Waals surface area contributed by atoms with E-state index in [1.54, 1.807) is 12.1 Å². The van der Waals surface area contributed by atoms with Gasteiger partial charge in [-0.1, -0.05) is 17.7 Å². The quantitative estimate of drug-likeness (QED) is 0.852. The SMILES string of the molecule is Cc1ccc(Cl)cc1NC(=O)C1CCCC1O. The zero-order valence-corrected chi connectivity index (χ0v) is 10.5. The van der Waals surface area contributed by atoms with E-state index >= 15 is 0 Å². The molecule has 1 fully saturated rings. The van der Waals surface area contributed by atoms with Crippen LogP contribution in [0.1, 0.15) is 24.8 Å². The number of aryl methyl sites for hydroxylation is 1. The summed E-state index contributed by atoms with van der Waals surface area (Å²) in [4.78, 5) is 12.0. The molecule has 1 aliphatic carbocycles. The van der Waals surface area contributed by atoms with Gasteiger partial charge in [0.25, 0.3) is 0 Å². The second-order valence-electron chi connectivity index (χ2n) is 4.55. The van der Waals surface area contributed by atoms with Crippen molar-refractivity contribution in [2.45, 2.75) is 32.3 Å². The van der Waals surface area contributed by atoms with Gasteiger partial charge in [-0.25, -0.2) is 0 Å². The van der Waals surface area contributed by atoms with Crippen molar-refractivity contribution in [3.8, 4) is 0 Å². The highest BCUT2D eigenvalue weighted by molar-refractivity contribution is 6.31. The first kappa shape index (κ1) is 12.4. The van der Waals surface area contributed by atoms with Crippen LogP contribution in [0.15, 0.2) is 18.2 Å². The van der Waals surface area contributed by atoms with E-state index in [2.05, 4.69) is 5.32 Å². The maximum atomic E-state index is 12.0.